The van der Waals surface area contributed by atoms with Gasteiger partial charge in [0, 0.05) is 0 Å². The Morgan fingerprint density at radius 2 is 2.07 bits per heavy atom. The Morgan fingerprint density at radius 1 is 1.20 bits per heavy atom. The number of hydrogen-bond acceptors (Lipinski definition) is 6. The summed E-state index contributed by atoms with van der Waals surface area (Å²) in [5.74, 6) is 0.709. The molecule has 3 aromatic rings. The van der Waals surface area contributed by atoms with Crippen molar-refractivity contribution in [2.45, 2.75) is 13.5 Å². The van der Waals surface area contributed by atoms with Gasteiger partial charge in [0.25, 0.3) is 0 Å². The lowest BCUT2D eigenvalue weighted by Gasteiger charge is -2.13. The highest BCUT2D eigenvalue weighted by atomic mass is 35.5. The number of aryl methyl sites for hydroxylation is 1. The highest BCUT2D eigenvalue weighted by Gasteiger charge is 2.25. The normalized spacial score (nSPS) is 14.6. The van der Waals surface area contributed by atoms with E-state index in [0.29, 0.717) is 34.6 Å². The molecule has 0 radical (unpaired) electrons. The summed E-state index contributed by atoms with van der Waals surface area (Å²) in [5.41, 5.74) is 3.04. The summed E-state index contributed by atoms with van der Waals surface area (Å²) < 4.78 is 16.6. The molecule has 0 N–H and O–H groups in total. The first-order chi connectivity index (χ1) is 14.5. The number of methoxy groups -OCH3 is 1. The summed E-state index contributed by atoms with van der Waals surface area (Å²) in [6.45, 7) is 2.39. The number of benzene rings is 2. The molecule has 0 spiro atoms. The second kappa shape index (κ2) is 8.73. The Bertz CT molecular complexity index is 1150. The molecule has 5 nitrogen and oxygen atoms in total. The zero-order chi connectivity index (χ0) is 21.1. The molecule has 2 aromatic carbocycles. The number of carbonyl (C=O) groups is 1. The molecule has 0 saturated heterocycles. The quantitative estimate of drug-likeness (QED) is 0.368. The summed E-state index contributed by atoms with van der Waals surface area (Å²) in [6, 6.07) is 15.2. The van der Waals surface area contributed by atoms with Gasteiger partial charge in [-0.1, -0.05) is 47.5 Å². The third kappa shape index (κ3) is 4.40. The van der Waals surface area contributed by atoms with Crippen molar-refractivity contribution < 1.29 is 19.0 Å². The van der Waals surface area contributed by atoms with Gasteiger partial charge in [0.05, 0.1) is 17.0 Å². The van der Waals surface area contributed by atoms with Crippen LogP contribution in [0, 0.1) is 6.92 Å². The second-order valence-electron chi connectivity index (χ2n) is 6.63. The average Bonchev–Trinajstić information content (AvgIpc) is 3.37. The lowest BCUT2D eigenvalue weighted by Crippen LogP contribution is -2.03. The van der Waals surface area contributed by atoms with Crippen LogP contribution >= 0.6 is 22.9 Å². The minimum atomic E-state index is -0.506. The first-order valence-corrected chi connectivity index (χ1v) is 10.4. The van der Waals surface area contributed by atoms with E-state index >= 15 is 0 Å². The van der Waals surface area contributed by atoms with Crippen LogP contribution in [0.4, 0.5) is 0 Å². The van der Waals surface area contributed by atoms with Gasteiger partial charge in [-0.25, -0.2) is 9.79 Å². The fraction of sp³-hybridized carbons (Fsp3) is 0.130. The second-order valence-corrected chi connectivity index (χ2v) is 7.98. The molecule has 7 heteroatoms. The van der Waals surface area contributed by atoms with E-state index in [1.165, 1.54) is 11.3 Å². The first kappa shape index (κ1) is 20.2. The number of carbonyl (C=O) groups excluding carboxylic acids is 1. The molecule has 30 heavy (non-hydrogen) atoms. The van der Waals surface area contributed by atoms with Crippen molar-refractivity contribution in [1.82, 2.24) is 0 Å². The van der Waals surface area contributed by atoms with E-state index in [4.69, 9.17) is 25.8 Å². The van der Waals surface area contributed by atoms with Gasteiger partial charge < -0.3 is 14.2 Å². The Balaban J connectivity index is 1.59. The molecule has 0 saturated carbocycles. The van der Waals surface area contributed by atoms with Crippen molar-refractivity contribution in [3.63, 3.8) is 0 Å². The number of esters is 1. The molecule has 1 aliphatic heterocycles. The van der Waals surface area contributed by atoms with Crippen molar-refractivity contribution in [3.05, 3.63) is 86.2 Å². The molecule has 0 amide bonds. The van der Waals surface area contributed by atoms with E-state index < -0.39 is 5.97 Å². The number of ether oxygens (including phenoxy) is 3. The Labute approximate surface area is 183 Å². The van der Waals surface area contributed by atoms with Crippen LogP contribution < -0.4 is 9.47 Å². The van der Waals surface area contributed by atoms with E-state index in [1.54, 1.807) is 25.3 Å². The smallest absolute Gasteiger partial charge is 0.363 e. The summed E-state index contributed by atoms with van der Waals surface area (Å²) in [6.07, 6.45) is 1.61. The molecule has 152 valence electrons. The van der Waals surface area contributed by atoms with Gasteiger partial charge in [-0.15, -0.1) is 11.3 Å². The van der Waals surface area contributed by atoms with Crippen molar-refractivity contribution in [1.29, 1.82) is 0 Å². The SMILES string of the molecule is COc1cc(C=C2N=C(c3cccs3)OC2=O)cc(Cl)c1OCc1cccc(C)c1. The van der Waals surface area contributed by atoms with Gasteiger partial charge in [0.15, 0.2) is 17.2 Å². The molecule has 0 unspecified atom stereocenters. The fourth-order valence-electron chi connectivity index (χ4n) is 2.99. The van der Waals surface area contributed by atoms with Gasteiger partial charge in [0.1, 0.15) is 6.61 Å². The lowest BCUT2D eigenvalue weighted by molar-refractivity contribution is -0.129. The number of cyclic esters (lactones) is 1. The zero-order valence-corrected chi connectivity index (χ0v) is 17.9. The minimum absolute atomic E-state index is 0.199. The molecule has 0 atom stereocenters. The van der Waals surface area contributed by atoms with Gasteiger partial charge in [-0.3, -0.25) is 0 Å². The highest BCUT2D eigenvalue weighted by Crippen LogP contribution is 2.38. The van der Waals surface area contributed by atoms with Gasteiger partial charge in [0.2, 0.25) is 5.90 Å². The molecule has 1 aliphatic rings. The summed E-state index contributed by atoms with van der Waals surface area (Å²) in [7, 11) is 1.54. The zero-order valence-electron chi connectivity index (χ0n) is 16.3. The van der Waals surface area contributed by atoms with Crippen LogP contribution in [0.15, 0.2) is 64.6 Å². The number of halogens is 1. The third-order valence-electron chi connectivity index (χ3n) is 4.37. The molecular formula is C23H18ClNO4S. The Morgan fingerprint density at radius 3 is 2.80 bits per heavy atom. The number of thiophene rings is 1. The fourth-order valence-corrected chi connectivity index (χ4v) is 3.92. The molecule has 1 aromatic heterocycles. The van der Waals surface area contributed by atoms with Crippen molar-refractivity contribution >= 4 is 40.9 Å². The molecule has 4 rings (SSSR count). The highest BCUT2D eigenvalue weighted by molar-refractivity contribution is 7.12. The van der Waals surface area contributed by atoms with E-state index in [2.05, 4.69) is 4.99 Å². The van der Waals surface area contributed by atoms with Crippen LogP contribution in [0.3, 0.4) is 0 Å². The largest absolute Gasteiger partial charge is 0.493 e. The van der Waals surface area contributed by atoms with Crippen LogP contribution in [0.2, 0.25) is 5.02 Å². The maximum Gasteiger partial charge on any atom is 0.363 e. The summed E-state index contributed by atoms with van der Waals surface area (Å²) in [5, 5.41) is 2.27. The Kier molecular flexibility index (Phi) is 5.88. The minimum Gasteiger partial charge on any atom is -0.493 e. The standard InChI is InChI=1S/C23H18ClNO4S/c1-14-5-3-6-15(9-14)13-28-21-17(24)10-16(12-19(21)27-2)11-18-23(26)29-22(25-18)20-7-4-8-30-20/h3-12H,13H2,1-2H3. The van der Waals surface area contributed by atoms with E-state index in [0.717, 1.165) is 16.0 Å². The molecular weight excluding hydrogens is 422 g/mol. The number of hydrogen-bond donors (Lipinski definition) is 0. The first-order valence-electron chi connectivity index (χ1n) is 9.16. The molecule has 2 heterocycles. The molecule has 0 bridgehead atoms. The maximum absolute atomic E-state index is 12.2. The number of rotatable bonds is 6. The maximum atomic E-state index is 12.2. The topological polar surface area (TPSA) is 57.1 Å². The number of aliphatic imine (C=N–C) groups is 1. The monoisotopic (exact) mass is 439 g/mol. The Hall–Kier alpha value is -3.09. The van der Waals surface area contributed by atoms with Crippen molar-refractivity contribution in [2.75, 3.05) is 7.11 Å². The van der Waals surface area contributed by atoms with Crippen molar-refractivity contribution in [3.8, 4) is 11.5 Å². The van der Waals surface area contributed by atoms with Crippen LogP contribution in [0.5, 0.6) is 11.5 Å². The number of nitrogens with zero attached hydrogens (tertiary/aromatic N) is 1. The summed E-state index contributed by atoms with van der Waals surface area (Å²) in [4.78, 5) is 17.3. The molecule has 0 aliphatic carbocycles. The third-order valence-corrected chi connectivity index (χ3v) is 5.51. The van der Waals surface area contributed by atoms with Crippen molar-refractivity contribution in [2.24, 2.45) is 4.99 Å². The van der Waals surface area contributed by atoms with Crippen LogP contribution in [0.1, 0.15) is 21.6 Å². The van der Waals surface area contributed by atoms with Gasteiger partial charge >= 0.3 is 5.97 Å². The van der Waals surface area contributed by atoms with Crippen LogP contribution in [-0.2, 0) is 16.1 Å². The predicted octanol–water partition coefficient (Wildman–Crippen LogP) is 5.64. The summed E-state index contributed by atoms with van der Waals surface area (Å²) >= 11 is 7.91. The van der Waals surface area contributed by atoms with E-state index in [9.17, 15) is 4.79 Å². The average molecular weight is 440 g/mol. The van der Waals surface area contributed by atoms with Gasteiger partial charge in [-0.2, -0.15) is 0 Å². The van der Waals surface area contributed by atoms with Crippen LogP contribution in [-0.4, -0.2) is 19.0 Å². The predicted molar refractivity (Wildman–Crippen MR) is 118 cm³/mol. The van der Waals surface area contributed by atoms with E-state index in [-0.39, 0.29) is 5.70 Å². The van der Waals surface area contributed by atoms with Crippen LogP contribution in [0.25, 0.3) is 6.08 Å². The van der Waals surface area contributed by atoms with E-state index in [1.807, 2.05) is 48.7 Å². The lowest BCUT2D eigenvalue weighted by atomic mass is 10.1. The van der Waals surface area contributed by atoms with Gasteiger partial charge in [-0.05, 0) is 47.7 Å². The molecule has 0 fully saturated rings.